The van der Waals surface area contributed by atoms with Gasteiger partial charge in [0.05, 0.1) is 19.3 Å². The molecular formula is C19H24N4O3S. The van der Waals surface area contributed by atoms with Crippen LogP contribution in [-0.2, 0) is 20.9 Å². The van der Waals surface area contributed by atoms with Gasteiger partial charge in [-0.3, -0.25) is 19.5 Å². The molecule has 27 heavy (non-hydrogen) atoms. The fourth-order valence-corrected chi connectivity index (χ4v) is 4.14. The van der Waals surface area contributed by atoms with Crippen LogP contribution < -0.4 is 10.6 Å². The first-order chi connectivity index (χ1) is 13.1. The average molecular weight is 388 g/mol. The Labute approximate surface area is 162 Å². The van der Waals surface area contributed by atoms with E-state index in [1.165, 1.54) is 4.88 Å². The molecule has 0 spiro atoms. The van der Waals surface area contributed by atoms with Crippen molar-refractivity contribution in [1.29, 1.82) is 0 Å². The lowest BCUT2D eigenvalue weighted by atomic mass is 10.1. The number of thiophene rings is 1. The SMILES string of the molecule is C[C@H](NC(=O)C(=O)NCc1cccnc1)[C@@H](c1cccs1)N1CCOCC1. The highest BCUT2D eigenvalue weighted by molar-refractivity contribution is 7.10. The second-order valence-electron chi connectivity index (χ2n) is 6.41. The van der Waals surface area contributed by atoms with Crippen molar-refractivity contribution in [2.24, 2.45) is 0 Å². The molecule has 1 saturated heterocycles. The number of carbonyl (C=O) groups excluding carboxylic acids is 2. The number of carbonyl (C=O) groups is 2. The molecule has 2 aromatic heterocycles. The Kier molecular flexibility index (Phi) is 6.92. The summed E-state index contributed by atoms with van der Waals surface area (Å²) in [5.74, 6) is -1.26. The molecule has 1 aliphatic rings. The fourth-order valence-electron chi connectivity index (χ4n) is 3.17. The predicted molar refractivity (Wildman–Crippen MR) is 103 cm³/mol. The Hall–Kier alpha value is -2.29. The first-order valence-corrected chi connectivity index (χ1v) is 9.86. The summed E-state index contributed by atoms with van der Waals surface area (Å²) in [5.41, 5.74) is 0.844. The fraction of sp³-hybridized carbons (Fsp3) is 0.421. The number of rotatable bonds is 6. The largest absolute Gasteiger partial charge is 0.379 e. The lowest BCUT2D eigenvalue weighted by Crippen LogP contribution is -2.51. The Bertz CT molecular complexity index is 733. The van der Waals surface area contributed by atoms with Crippen LogP contribution in [0.25, 0.3) is 0 Å². The van der Waals surface area contributed by atoms with Gasteiger partial charge >= 0.3 is 11.8 Å². The Balaban J connectivity index is 1.59. The van der Waals surface area contributed by atoms with E-state index in [4.69, 9.17) is 4.74 Å². The molecule has 3 rings (SSSR count). The lowest BCUT2D eigenvalue weighted by molar-refractivity contribution is -0.140. The van der Waals surface area contributed by atoms with Gasteiger partial charge in [0.15, 0.2) is 0 Å². The number of hydrogen-bond acceptors (Lipinski definition) is 6. The number of ether oxygens (including phenoxy) is 1. The maximum absolute atomic E-state index is 12.4. The van der Waals surface area contributed by atoms with Crippen LogP contribution in [0.3, 0.4) is 0 Å². The van der Waals surface area contributed by atoms with Crippen LogP contribution in [-0.4, -0.2) is 54.0 Å². The minimum absolute atomic E-state index is 0.0176. The van der Waals surface area contributed by atoms with Gasteiger partial charge in [-0.05, 0) is 30.0 Å². The Morgan fingerprint density at radius 1 is 1.26 bits per heavy atom. The van der Waals surface area contributed by atoms with Crippen LogP contribution in [0.4, 0.5) is 0 Å². The third kappa shape index (κ3) is 5.35. The van der Waals surface area contributed by atoms with E-state index in [2.05, 4.69) is 26.6 Å². The number of hydrogen-bond donors (Lipinski definition) is 2. The quantitative estimate of drug-likeness (QED) is 0.730. The van der Waals surface area contributed by atoms with Gasteiger partial charge in [-0.2, -0.15) is 0 Å². The molecular weight excluding hydrogens is 364 g/mol. The zero-order valence-electron chi connectivity index (χ0n) is 15.3. The number of pyridine rings is 1. The topological polar surface area (TPSA) is 83.6 Å². The van der Waals surface area contributed by atoms with Crippen molar-refractivity contribution in [3.8, 4) is 0 Å². The van der Waals surface area contributed by atoms with Crippen LogP contribution in [0, 0.1) is 0 Å². The van der Waals surface area contributed by atoms with Crippen LogP contribution in [0.2, 0.25) is 0 Å². The molecule has 1 fully saturated rings. The van der Waals surface area contributed by atoms with Crippen LogP contribution >= 0.6 is 11.3 Å². The molecule has 144 valence electrons. The van der Waals surface area contributed by atoms with E-state index >= 15 is 0 Å². The van der Waals surface area contributed by atoms with E-state index in [1.54, 1.807) is 29.8 Å². The monoisotopic (exact) mass is 388 g/mol. The highest BCUT2D eigenvalue weighted by Crippen LogP contribution is 2.29. The third-order valence-corrected chi connectivity index (χ3v) is 5.43. The number of nitrogens with zero attached hydrogens (tertiary/aromatic N) is 2. The summed E-state index contributed by atoms with van der Waals surface area (Å²) >= 11 is 1.65. The summed E-state index contributed by atoms with van der Waals surface area (Å²) in [6.07, 6.45) is 3.32. The normalized spacial score (nSPS) is 17.1. The Morgan fingerprint density at radius 2 is 2.07 bits per heavy atom. The van der Waals surface area contributed by atoms with Crippen molar-refractivity contribution < 1.29 is 14.3 Å². The number of nitrogens with one attached hydrogen (secondary N) is 2. The van der Waals surface area contributed by atoms with Gasteiger partial charge in [0, 0.05) is 42.9 Å². The smallest absolute Gasteiger partial charge is 0.309 e. The molecule has 2 atom stereocenters. The van der Waals surface area contributed by atoms with Gasteiger partial charge in [-0.25, -0.2) is 0 Å². The van der Waals surface area contributed by atoms with E-state index in [0.717, 1.165) is 18.7 Å². The number of amides is 2. The summed E-state index contributed by atoms with van der Waals surface area (Å²) in [7, 11) is 0. The van der Waals surface area contributed by atoms with E-state index in [-0.39, 0.29) is 18.6 Å². The van der Waals surface area contributed by atoms with Gasteiger partial charge in [-0.15, -0.1) is 11.3 Å². The Morgan fingerprint density at radius 3 is 2.74 bits per heavy atom. The summed E-state index contributed by atoms with van der Waals surface area (Å²) < 4.78 is 5.45. The molecule has 8 heteroatoms. The van der Waals surface area contributed by atoms with Gasteiger partial charge in [0.1, 0.15) is 0 Å². The predicted octanol–water partition coefficient (Wildman–Crippen LogP) is 1.34. The standard InChI is InChI=1S/C19H24N4O3S/c1-14(17(16-5-3-11-27-16)23-7-9-26-10-8-23)22-19(25)18(24)21-13-15-4-2-6-20-12-15/h2-6,11-12,14,17H,7-10,13H2,1H3,(H,21,24)(H,22,25)/t14-,17-/m0/s1. The van der Waals surface area contributed by atoms with Gasteiger partial charge < -0.3 is 15.4 Å². The van der Waals surface area contributed by atoms with Crippen molar-refractivity contribution in [3.05, 3.63) is 52.5 Å². The highest BCUT2D eigenvalue weighted by atomic mass is 32.1. The number of morpholine rings is 1. The zero-order valence-corrected chi connectivity index (χ0v) is 16.1. The summed E-state index contributed by atoms with van der Waals surface area (Å²) in [4.78, 5) is 32.0. The van der Waals surface area contributed by atoms with E-state index in [0.29, 0.717) is 13.2 Å². The van der Waals surface area contributed by atoms with Crippen molar-refractivity contribution in [1.82, 2.24) is 20.5 Å². The summed E-state index contributed by atoms with van der Waals surface area (Å²) in [6, 6.07) is 7.51. The lowest BCUT2D eigenvalue weighted by Gasteiger charge is -2.37. The van der Waals surface area contributed by atoms with Crippen LogP contribution in [0.5, 0.6) is 0 Å². The first kappa shape index (κ1) is 19.5. The molecule has 7 nitrogen and oxygen atoms in total. The van der Waals surface area contributed by atoms with Crippen molar-refractivity contribution in [3.63, 3.8) is 0 Å². The minimum atomic E-state index is -0.641. The molecule has 0 aromatic carbocycles. The maximum Gasteiger partial charge on any atom is 0.309 e. The molecule has 0 radical (unpaired) electrons. The second kappa shape index (κ2) is 9.59. The van der Waals surface area contributed by atoms with Crippen LogP contribution in [0.15, 0.2) is 42.0 Å². The van der Waals surface area contributed by atoms with Crippen molar-refractivity contribution in [2.75, 3.05) is 26.3 Å². The molecule has 0 bridgehead atoms. The maximum atomic E-state index is 12.4. The van der Waals surface area contributed by atoms with E-state index in [1.807, 2.05) is 24.4 Å². The van der Waals surface area contributed by atoms with Crippen molar-refractivity contribution >= 4 is 23.2 Å². The molecule has 2 amide bonds. The molecule has 0 aliphatic carbocycles. The zero-order chi connectivity index (χ0) is 19.1. The molecule has 2 N–H and O–H groups in total. The van der Waals surface area contributed by atoms with Crippen molar-refractivity contribution in [2.45, 2.75) is 25.6 Å². The van der Waals surface area contributed by atoms with E-state index < -0.39 is 11.8 Å². The molecule has 0 saturated carbocycles. The molecule has 0 unspecified atom stereocenters. The summed E-state index contributed by atoms with van der Waals surface area (Å²) in [6.45, 7) is 5.16. The third-order valence-electron chi connectivity index (χ3n) is 4.49. The minimum Gasteiger partial charge on any atom is -0.379 e. The summed E-state index contributed by atoms with van der Waals surface area (Å²) in [5, 5.41) is 7.52. The highest BCUT2D eigenvalue weighted by Gasteiger charge is 2.30. The van der Waals surface area contributed by atoms with Crippen LogP contribution in [0.1, 0.15) is 23.4 Å². The van der Waals surface area contributed by atoms with E-state index in [9.17, 15) is 9.59 Å². The molecule has 3 heterocycles. The first-order valence-electron chi connectivity index (χ1n) is 8.98. The van der Waals surface area contributed by atoms with Gasteiger partial charge in [-0.1, -0.05) is 12.1 Å². The van der Waals surface area contributed by atoms with Gasteiger partial charge in [0.2, 0.25) is 0 Å². The number of aromatic nitrogens is 1. The molecule has 1 aliphatic heterocycles. The average Bonchev–Trinajstić information content (AvgIpc) is 3.22. The van der Waals surface area contributed by atoms with Gasteiger partial charge in [0.25, 0.3) is 0 Å². The second-order valence-corrected chi connectivity index (χ2v) is 7.39. The molecule has 2 aromatic rings.